The van der Waals surface area contributed by atoms with Gasteiger partial charge in [-0.05, 0) is 25.2 Å². The molecule has 0 aromatic heterocycles. The van der Waals surface area contributed by atoms with Crippen LogP contribution in [0.4, 0.5) is 0 Å². The van der Waals surface area contributed by atoms with Gasteiger partial charge in [0, 0.05) is 33.0 Å². The van der Waals surface area contributed by atoms with Crippen LogP contribution in [0.15, 0.2) is 121 Å². The predicted molar refractivity (Wildman–Crippen MR) is 146 cm³/mol. The average Bonchev–Trinajstić information content (AvgIpc) is 3.39. The Labute approximate surface area is 202 Å². The maximum atomic E-state index is 14.8. The van der Waals surface area contributed by atoms with Crippen molar-refractivity contribution < 1.29 is 9.13 Å². The van der Waals surface area contributed by atoms with Crippen molar-refractivity contribution in [3.05, 3.63) is 121 Å². The van der Waals surface area contributed by atoms with E-state index in [9.17, 15) is 9.13 Å². The molecule has 0 saturated heterocycles. The quantitative estimate of drug-likeness (QED) is 0.294. The minimum absolute atomic E-state index is 0.0716. The largest absolute Gasteiger partial charge is 0.314 e. The molecule has 5 rings (SSSR count). The maximum absolute atomic E-state index is 14.8. The molecule has 1 saturated carbocycles. The van der Waals surface area contributed by atoms with Crippen molar-refractivity contribution in [3.63, 3.8) is 0 Å². The Bertz CT molecular complexity index is 1220. The van der Waals surface area contributed by atoms with Gasteiger partial charge in [0.25, 0.3) is 0 Å². The van der Waals surface area contributed by atoms with Gasteiger partial charge in [0.15, 0.2) is 0 Å². The van der Waals surface area contributed by atoms with Crippen molar-refractivity contribution in [1.82, 2.24) is 0 Å². The van der Waals surface area contributed by atoms with E-state index < -0.39 is 14.3 Å². The summed E-state index contributed by atoms with van der Waals surface area (Å²) in [6, 6.07) is 39.8. The van der Waals surface area contributed by atoms with E-state index in [0.29, 0.717) is 6.16 Å². The molecular formula is C30H30O2P2. The van der Waals surface area contributed by atoms with Crippen molar-refractivity contribution in [1.29, 1.82) is 0 Å². The van der Waals surface area contributed by atoms with Gasteiger partial charge in [0.05, 0.1) is 0 Å². The van der Waals surface area contributed by atoms with E-state index in [1.165, 1.54) is 0 Å². The fourth-order valence-corrected chi connectivity index (χ4v) is 12.0. The predicted octanol–water partition coefficient (Wildman–Crippen LogP) is 6.18. The Morgan fingerprint density at radius 2 is 0.912 bits per heavy atom. The molecule has 1 aliphatic rings. The molecule has 172 valence electrons. The molecule has 1 aliphatic carbocycles. The van der Waals surface area contributed by atoms with Gasteiger partial charge in [-0.25, -0.2) is 0 Å². The molecule has 1 fully saturated rings. The van der Waals surface area contributed by atoms with Crippen LogP contribution in [0.1, 0.15) is 19.3 Å². The third-order valence-electron chi connectivity index (χ3n) is 7.17. The molecule has 0 spiro atoms. The van der Waals surface area contributed by atoms with Crippen molar-refractivity contribution in [2.24, 2.45) is 5.92 Å². The number of hydrogen-bond donors (Lipinski definition) is 0. The summed E-state index contributed by atoms with van der Waals surface area (Å²) < 4.78 is 29.4. The van der Waals surface area contributed by atoms with E-state index in [-0.39, 0.29) is 11.6 Å². The number of rotatable bonds is 7. The molecule has 0 bridgehead atoms. The topological polar surface area (TPSA) is 34.1 Å². The Kier molecular flexibility index (Phi) is 6.73. The fraction of sp³-hybridized carbons (Fsp3) is 0.200. The van der Waals surface area contributed by atoms with Gasteiger partial charge in [0.2, 0.25) is 0 Å². The molecule has 0 heterocycles. The molecular weight excluding hydrogens is 454 g/mol. The van der Waals surface area contributed by atoms with Gasteiger partial charge < -0.3 is 9.13 Å². The van der Waals surface area contributed by atoms with Gasteiger partial charge in [-0.2, -0.15) is 0 Å². The maximum Gasteiger partial charge on any atom is 0.146 e. The van der Waals surface area contributed by atoms with E-state index in [1.54, 1.807) is 0 Å². The molecule has 0 aliphatic heterocycles. The highest BCUT2D eigenvalue weighted by Gasteiger charge is 2.43. The van der Waals surface area contributed by atoms with Crippen LogP contribution in [-0.2, 0) is 9.13 Å². The van der Waals surface area contributed by atoms with Gasteiger partial charge in [-0.15, -0.1) is 0 Å². The molecule has 4 aromatic rings. The van der Waals surface area contributed by atoms with E-state index in [2.05, 4.69) is 0 Å². The highest BCUT2D eigenvalue weighted by Crippen LogP contribution is 2.58. The molecule has 34 heavy (non-hydrogen) atoms. The second-order valence-corrected chi connectivity index (χ2v) is 15.2. The molecule has 0 N–H and O–H groups in total. The lowest BCUT2D eigenvalue weighted by molar-refractivity contribution is 0.557. The molecule has 2 nitrogen and oxygen atoms in total. The Hall–Kier alpha value is -2.66. The SMILES string of the molecule is O=P(C[C@H]1CC[C@H](P(=O)(c2ccccc2)c2ccccc2)C1)(c1ccccc1)c1ccccc1. The van der Waals surface area contributed by atoms with Crippen LogP contribution in [0.25, 0.3) is 0 Å². The number of benzene rings is 4. The second-order valence-electron chi connectivity index (χ2n) is 9.26. The van der Waals surface area contributed by atoms with E-state index in [4.69, 9.17) is 0 Å². The Balaban J connectivity index is 1.48. The zero-order valence-electron chi connectivity index (χ0n) is 19.2. The molecule has 0 amide bonds. The molecule has 0 unspecified atom stereocenters. The van der Waals surface area contributed by atoms with Crippen molar-refractivity contribution >= 4 is 35.5 Å². The lowest BCUT2D eigenvalue weighted by Crippen LogP contribution is -2.25. The molecule has 0 radical (unpaired) electrons. The summed E-state index contributed by atoms with van der Waals surface area (Å²) >= 11 is 0. The van der Waals surface area contributed by atoms with Crippen LogP contribution in [0, 0.1) is 5.92 Å². The smallest absolute Gasteiger partial charge is 0.146 e. The average molecular weight is 485 g/mol. The highest BCUT2D eigenvalue weighted by atomic mass is 31.2. The summed E-state index contributed by atoms with van der Waals surface area (Å²) in [5.41, 5.74) is 0.0716. The van der Waals surface area contributed by atoms with E-state index in [1.807, 2.05) is 121 Å². The van der Waals surface area contributed by atoms with Crippen molar-refractivity contribution in [2.45, 2.75) is 24.9 Å². The second kappa shape index (κ2) is 9.91. The minimum Gasteiger partial charge on any atom is -0.314 e. The lowest BCUT2D eigenvalue weighted by Gasteiger charge is -2.27. The van der Waals surface area contributed by atoms with Crippen molar-refractivity contribution in [2.75, 3.05) is 6.16 Å². The highest BCUT2D eigenvalue weighted by molar-refractivity contribution is 7.79. The zero-order chi connectivity index (χ0) is 23.4. The van der Waals surface area contributed by atoms with Gasteiger partial charge >= 0.3 is 0 Å². The molecule has 2 atom stereocenters. The van der Waals surface area contributed by atoms with E-state index in [0.717, 1.165) is 40.5 Å². The first-order chi connectivity index (χ1) is 16.6. The summed E-state index contributed by atoms with van der Waals surface area (Å²) in [6.45, 7) is 0. The summed E-state index contributed by atoms with van der Waals surface area (Å²) in [5.74, 6) is 0.275. The normalized spacial score (nSPS) is 18.6. The number of hydrogen-bond acceptors (Lipinski definition) is 2. The van der Waals surface area contributed by atoms with Crippen LogP contribution >= 0.6 is 14.3 Å². The summed E-state index contributed by atoms with van der Waals surface area (Å²) in [5, 5.41) is 3.69. The van der Waals surface area contributed by atoms with Crippen LogP contribution in [-0.4, -0.2) is 11.8 Å². The zero-order valence-corrected chi connectivity index (χ0v) is 21.0. The monoisotopic (exact) mass is 484 g/mol. The first-order valence-corrected chi connectivity index (χ1v) is 15.7. The summed E-state index contributed by atoms with van der Waals surface area (Å²) in [7, 11) is -5.59. The third kappa shape index (κ3) is 4.38. The fourth-order valence-electron chi connectivity index (χ4n) is 5.48. The molecule has 4 heteroatoms. The standard InChI is InChI=1S/C30H30O2P2/c31-33(26-13-5-1-6-14-26,27-15-7-2-8-16-27)24-25-21-22-30(23-25)34(32,28-17-9-3-10-18-28)29-19-11-4-12-20-29/h1-20,25,30H,21-24H2/t25-,30-/m0/s1. The van der Waals surface area contributed by atoms with Crippen molar-refractivity contribution in [3.8, 4) is 0 Å². The lowest BCUT2D eigenvalue weighted by atomic mass is 10.1. The van der Waals surface area contributed by atoms with E-state index >= 15 is 0 Å². The van der Waals surface area contributed by atoms with Crippen LogP contribution in [0.2, 0.25) is 0 Å². The minimum atomic E-state index is -2.81. The van der Waals surface area contributed by atoms with Crippen LogP contribution in [0.5, 0.6) is 0 Å². The first kappa shape index (κ1) is 23.1. The Morgan fingerprint density at radius 3 is 1.32 bits per heavy atom. The third-order valence-corrected chi connectivity index (χ3v) is 14.1. The van der Waals surface area contributed by atoms with Crippen LogP contribution in [0.3, 0.4) is 0 Å². The first-order valence-electron chi connectivity index (χ1n) is 12.0. The van der Waals surface area contributed by atoms with Gasteiger partial charge in [-0.1, -0.05) is 121 Å². The summed E-state index contributed by atoms with van der Waals surface area (Å²) in [4.78, 5) is 0. The van der Waals surface area contributed by atoms with Crippen LogP contribution < -0.4 is 21.2 Å². The summed E-state index contributed by atoms with van der Waals surface area (Å²) in [6.07, 6.45) is 3.32. The van der Waals surface area contributed by atoms with Gasteiger partial charge in [0.1, 0.15) is 14.3 Å². The van der Waals surface area contributed by atoms with Gasteiger partial charge in [-0.3, -0.25) is 0 Å². The molecule has 4 aromatic carbocycles. The Morgan fingerprint density at radius 1 is 0.529 bits per heavy atom.